The number of likely N-dealkylation sites (tertiary alicyclic amines) is 2. The molecular weight excluding hydrogens is 250 g/mol. The molecule has 1 aromatic rings. The molecule has 110 valence electrons. The fourth-order valence-electron chi connectivity index (χ4n) is 3.45. The quantitative estimate of drug-likeness (QED) is 0.836. The van der Waals surface area contributed by atoms with E-state index in [1.807, 2.05) is 18.3 Å². The molecular formula is C16H25N3O. The lowest BCUT2D eigenvalue weighted by molar-refractivity contribution is 0.0877. The van der Waals surface area contributed by atoms with Gasteiger partial charge in [0.05, 0.1) is 12.2 Å². The van der Waals surface area contributed by atoms with Gasteiger partial charge in [-0.2, -0.15) is 0 Å². The van der Waals surface area contributed by atoms with E-state index >= 15 is 0 Å². The molecule has 2 aliphatic rings. The SMILES string of the molecule is O=C(CN1CCC(CN2CCCC2)CC1)c1ccc[nH]1. The number of H-pyrrole nitrogens is 1. The van der Waals surface area contributed by atoms with Crippen LogP contribution < -0.4 is 0 Å². The first kappa shape index (κ1) is 13.8. The molecule has 0 bridgehead atoms. The summed E-state index contributed by atoms with van der Waals surface area (Å²) in [6.45, 7) is 6.59. The molecule has 1 N–H and O–H groups in total. The first-order valence-electron chi connectivity index (χ1n) is 7.92. The van der Waals surface area contributed by atoms with Crippen LogP contribution in [-0.2, 0) is 0 Å². The van der Waals surface area contributed by atoms with E-state index in [-0.39, 0.29) is 5.78 Å². The molecule has 0 aliphatic carbocycles. The number of nitrogens with one attached hydrogen (secondary N) is 1. The molecule has 3 heterocycles. The third kappa shape index (κ3) is 3.49. The molecule has 0 aromatic carbocycles. The standard InChI is InChI=1S/C16H25N3O/c20-16(15-4-3-7-17-15)13-19-10-5-14(6-11-19)12-18-8-1-2-9-18/h3-4,7,14,17H,1-2,5-6,8-13H2. The lowest BCUT2D eigenvalue weighted by Gasteiger charge is -2.33. The van der Waals surface area contributed by atoms with E-state index in [2.05, 4.69) is 14.8 Å². The van der Waals surface area contributed by atoms with Crippen LogP contribution >= 0.6 is 0 Å². The Balaban J connectivity index is 1.40. The monoisotopic (exact) mass is 275 g/mol. The minimum atomic E-state index is 0.216. The number of hydrogen-bond donors (Lipinski definition) is 1. The number of Topliss-reactive ketones (excluding diaryl/α,β-unsaturated/α-hetero) is 1. The molecule has 2 aliphatic heterocycles. The Morgan fingerprint density at radius 3 is 2.55 bits per heavy atom. The van der Waals surface area contributed by atoms with Crippen molar-refractivity contribution in [2.45, 2.75) is 25.7 Å². The fourth-order valence-corrected chi connectivity index (χ4v) is 3.45. The molecule has 0 spiro atoms. The van der Waals surface area contributed by atoms with E-state index < -0.39 is 0 Å². The first-order valence-corrected chi connectivity index (χ1v) is 7.92. The van der Waals surface area contributed by atoms with Gasteiger partial charge in [0.1, 0.15) is 0 Å². The van der Waals surface area contributed by atoms with Gasteiger partial charge in [0.15, 0.2) is 5.78 Å². The number of hydrogen-bond acceptors (Lipinski definition) is 3. The van der Waals surface area contributed by atoms with Crippen LogP contribution in [0.3, 0.4) is 0 Å². The number of rotatable bonds is 5. The second kappa shape index (κ2) is 6.55. The van der Waals surface area contributed by atoms with Crippen molar-refractivity contribution in [2.75, 3.05) is 39.3 Å². The normalized spacial score (nSPS) is 22.4. The maximum absolute atomic E-state index is 12.1. The highest BCUT2D eigenvalue weighted by atomic mass is 16.1. The van der Waals surface area contributed by atoms with Crippen LogP contribution in [0.2, 0.25) is 0 Å². The summed E-state index contributed by atoms with van der Waals surface area (Å²) < 4.78 is 0. The van der Waals surface area contributed by atoms with Gasteiger partial charge in [-0.3, -0.25) is 9.69 Å². The van der Waals surface area contributed by atoms with Crippen molar-refractivity contribution < 1.29 is 4.79 Å². The van der Waals surface area contributed by atoms with Crippen molar-refractivity contribution in [1.82, 2.24) is 14.8 Å². The third-order valence-corrected chi connectivity index (χ3v) is 4.69. The molecule has 3 rings (SSSR count). The highest BCUT2D eigenvalue weighted by molar-refractivity contribution is 5.95. The minimum Gasteiger partial charge on any atom is -0.359 e. The molecule has 1 aromatic heterocycles. The van der Waals surface area contributed by atoms with E-state index in [9.17, 15) is 4.79 Å². The summed E-state index contributed by atoms with van der Waals surface area (Å²) in [7, 11) is 0. The summed E-state index contributed by atoms with van der Waals surface area (Å²) in [6.07, 6.45) is 7.06. The molecule has 0 unspecified atom stereocenters. The third-order valence-electron chi connectivity index (χ3n) is 4.69. The number of aromatic amines is 1. The lowest BCUT2D eigenvalue weighted by Crippen LogP contribution is -2.40. The summed E-state index contributed by atoms with van der Waals surface area (Å²) in [6, 6.07) is 3.75. The Hall–Kier alpha value is -1.13. The topological polar surface area (TPSA) is 39.3 Å². The van der Waals surface area contributed by atoms with E-state index in [1.165, 1.54) is 45.3 Å². The highest BCUT2D eigenvalue weighted by Gasteiger charge is 2.24. The van der Waals surface area contributed by atoms with E-state index in [1.54, 1.807) is 0 Å². The Kier molecular flexibility index (Phi) is 4.53. The molecule has 0 radical (unpaired) electrons. The van der Waals surface area contributed by atoms with Crippen LogP contribution in [-0.4, -0.2) is 59.8 Å². The number of carbonyl (C=O) groups excluding carboxylic acids is 1. The van der Waals surface area contributed by atoms with Crippen molar-refractivity contribution >= 4 is 5.78 Å². The average molecular weight is 275 g/mol. The van der Waals surface area contributed by atoms with Crippen LogP contribution in [0.25, 0.3) is 0 Å². The van der Waals surface area contributed by atoms with Crippen LogP contribution in [0.4, 0.5) is 0 Å². The molecule has 0 saturated carbocycles. The van der Waals surface area contributed by atoms with Gasteiger partial charge >= 0.3 is 0 Å². The second-order valence-corrected chi connectivity index (χ2v) is 6.23. The summed E-state index contributed by atoms with van der Waals surface area (Å²) in [4.78, 5) is 20.0. The van der Waals surface area contributed by atoms with Gasteiger partial charge in [0.25, 0.3) is 0 Å². The summed E-state index contributed by atoms with van der Waals surface area (Å²) in [5, 5.41) is 0. The smallest absolute Gasteiger partial charge is 0.192 e. The lowest BCUT2D eigenvalue weighted by atomic mass is 9.96. The van der Waals surface area contributed by atoms with Crippen molar-refractivity contribution in [2.24, 2.45) is 5.92 Å². The fraction of sp³-hybridized carbons (Fsp3) is 0.688. The molecule has 20 heavy (non-hydrogen) atoms. The van der Waals surface area contributed by atoms with E-state index in [0.29, 0.717) is 6.54 Å². The number of nitrogens with zero attached hydrogens (tertiary/aromatic N) is 2. The van der Waals surface area contributed by atoms with E-state index in [0.717, 1.165) is 24.7 Å². The van der Waals surface area contributed by atoms with Gasteiger partial charge in [0.2, 0.25) is 0 Å². The number of aromatic nitrogens is 1. The summed E-state index contributed by atoms with van der Waals surface area (Å²) >= 11 is 0. The van der Waals surface area contributed by atoms with Gasteiger partial charge in [-0.25, -0.2) is 0 Å². The van der Waals surface area contributed by atoms with Crippen LogP contribution in [0.5, 0.6) is 0 Å². The maximum Gasteiger partial charge on any atom is 0.192 e. The van der Waals surface area contributed by atoms with Crippen LogP contribution in [0, 0.1) is 5.92 Å². The van der Waals surface area contributed by atoms with Crippen molar-refractivity contribution in [3.05, 3.63) is 24.0 Å². The highest BCUT2D eigenvalue weighted by Crippen LogP contribution is 2.20. The molecule has 2 fully saturated rings. The molecule has 0 amide bonds. The zero-order valence-corrected chi connectivity index (χ0v) is 12.2. The summed E-state index contributed by atoms with van der Waals surface area (Å²) in [5.41, 5.74) is 0.740. The molecule has 4 heteroatoms. The van der Waals surface area contributed by atoms with Crippen LogP contribution in [0.1, 0.15) is 36.2 Å². The Bertz CT molecular complexity index is 415. The Morgan fingerprint density at radius 1 is 1.15 bits per heavy atom. The zero-order valence-electron chi connectivity index (χ0n) is 12.2. The summed E-state index contributed by atoms with van der Waals surface area (Å²) in [5.74, 6) is 1.05. The predicted octanol–water partition coefficient (Wildman–Crippen LogP) is 2.01. The van der Waals surface area contributed by atoms with Gasteiger partial charge in [0, 0.05) is 12.7 Å². The van der Waals surface area contributed by atoms with Crippen LogP contribution in [0.15, 0.2) is 18.3 Å². The zero-order chi connectivity index (χ0) is 13.8. The maximum atomic E-state index is 12.1. The molecule has 0 atom stereocenters. The Morgan fingerprint density at radius 2 is 1.90 bits per heavy atom. The van der Waals surface area contributed by atoms with Gasteiger partial charge in [-0.05, 0) is 69.9 Å². The largest absolute Gasteiger partial charge is 0.359 e. The first-order chi connectivity index (χ1) is 9.81. The van der Waals surface area contributed by atoms with Gasteiger partial charge in [-0.1, -0.05) is 0 Å². The molecule has 4 nitrogen and oxygen atoms in total. The van der Waals surface area contributed by atoms with Crippen molar-refractivity contribution in [1.29, 1.82) is 0 Å². The van der Waals surface area contributed by atoms with E-state index in [4.69, 9.17) is 0 Å². The Labute approximate surface area is 121 Å². The van der Waals surface area contributed by atoms with Crippen molar-refractivity contribution in [3.63, 3.8) is 0 Å². The number of carbonyl (C=O) groups is 1. The average Bonchev–Trinajstić information content (AvgIpc) is 3.13. The predicted molar refractivity (Wildman–Crippen MR) is 80.0 cm³/mol. The van der Waals surface area contributed by atoms with Gasteiger partial charge in [-0.15, -0.1) is 0 Å². The number of piperidine rings is 1. The second-order valence-electron chi connectivity index (χ2n) is 6.23. The minimum absolute atomic E-state index is 0.216. The number of ketones is 1. The molecule has 2 saturated heterocycles. The van der Waals surface area contributed by atoms with Gasteiger partial charge < -0.3 is 9.88 Å². The van der Waals surface area contributed by atoms with Crippen molar-refractivity contribution in [3.8, 4) is 0 Å².